The lowest BCUT2D eigenvalue weighted by Crippen LogP contribution is -2.39. The summed E-state index contributed by atoms with van der Waals surface area (Å²) in [7, 11) is -2.63. The van der Waals surface area contributed by atoms with Crippen molar-refractivity contribution in [1.82, 2.24) is 5.43 Å². The summed E-state index contributed by atoms with van der Waals surface area (Å²) in [5, 5.41) is 4.35. The lowest BCUT2D eigenvalue weighted by molar-refractivity contribution is -0.119. The van der Waals surface area contributed by atoms with Gasteiger partial charge in [-0.15, -0.1) is 0 Å². The lowest BCUT2D eigenvalue weighted by atomic mass is 10.1. The SMILES string of the molecule is CCOc1ccc(/C(C)=N\NC(=O)CN(c2ccc(OC)c(Cl)c2)S(=O)(=O)c2ccc(C)cc2)cc1. The van der Waals surface area contributed by atoms with Crippen LogP contribution in [0, 0.1) is 6.92 Å². The minimum Gasteiger partial charge on any atom is -0.495 e. The molecule has 36 heavy (non-hydrogen) atoms. The molecule has 0 aromatic heterocycles. The molecule has 0 heterocycles. The largest absolute Gasteiger partial charge is 0.495 e. The molecular formula is C26H28ClN3O5S. The lowest BCUT2D eigenvalue weighted by Gasteiger charge is -2.24. The predicted molar refractivity (Wildman–Crippen MR) is 142 cm³/mol. The number of hydrogen-bond acceptors (Lipinski definition) is 6. The van der Waals surface area contributed by atoms with E-state index in [0.717, 1.165) is 21.2 Å². The second-order valence-corrected chi connectivity index (χ2v) is 10.1. The molecule has 0 radical (unpaired) electrons. The molecule has 1 amide bonds. The average Bonchev–Trinajstić information content (AvgIpc) is 2.86. The highest BCUT2D eigenvalue weighted by Crippen LogP contribution is 2.32. The number of rotatable bonds is 10. The van der Waals surface area contributed by atoms with Crippen molar-refractivity contribution in [2.45, 2.75) is 25.7 Å². The van der Waals surface area contributed by atoms with Gasteiger partial charge in [-0.3, -0.25) is 9.10 Å². The summed E-state index contributed by atoms with van der Waals surface area (Å²) in [6.07, 6.45) is 0. The number of carbonyl (C=O) groups excluding carboxylic acids is 1. The number of sulfonamides is 1. The van der Waals surface area contributed by atoms with Gasteiger partial charge in [0, 0.05) is 0 Å². The minimum absolute atomic E-state index is 0.0434. The van der Waals surface area contributed by atoms with Crippen LogP contribution in [0.1, 0.15) is 25.0 Å². The number of hydrazone groups is 1. The van der Waals surface area contributed by atoms with Crippen molar-refractivity contribution >= 4 is 38.9 Å². The van der Waals surface area contributed by atoms with Crippen LogP contribution < -0.4 is 19.2 Å². The van der Waals surface area contributed by atoms with Gasteiger partial charge in [-0.1, -0.05) is 29.3 Å². The van der Waals surface area contributed by atoms with Crippen LogP contribution in [0.15, 0.2) is 76.7 Å². The molecule has 10 heteroatoms. The first-order chi connectivity index (χ1) is 17.1. The number of carbonyl (C=O) groups is 1. The Morgan fingerprint density at radius 2 is 1.72 bits per heavy atom. The van der Waals surface area contributed by atoms with E-state index < -0.39 is 22.5 Å². The van der Waals surface area contributed by atoms with Crippen LogP contribution in [0.4, 0.5) is 5.69 Å². The monoisotopic (exact) mass is 529 g/mol. The molecule has 0 atom stereocenters. The standard InChI is InChI=1S/C26H28ClN3O5S/c1-5-35-22-11-8-20(9-12-22)19(3)28-29-26(31)17-30(21-10-15-25(34-4)24(27)16-21)36(32,33)23-13-6-18(2)7-14-23/h6-16H,5,17H2,1-4H3,(H,29,31)/b28-19-. The second-order valence-electron chi connectivity index (χ2n) is 7.83. The first-order valence-corrected chi connectivity index (χ1v) is 13.0. The Hall–Kier alpha value is -3.56. The quantitative estimate of drug-likeness (QED) is 0.301. The first kappa shape index (κ1) is 27.0. The predicted octanol–water partition coefficient (Wildman–Crippen LogP) is 4.79. The van der Waals surface area contributed by atoms with E-state index in [-0.39, 0.29) is 15.6 Å². The van der Waals surface area contributed by atoms with Crippen LogP contribution in [-0.4, -0.2) is 40.3 Å². The summed E-state index contributed by atoms with van der Waals surface area (Å²) >= 11 is 6.25. The van der Waals surface area contributed by atoms with Gasteiger partial charge in [0.05, 0.1) is 35.0 Å². The van der Waals surface area contributed by atoms with Crippen LogP contribution in [0.2, 0.25) is 5.02 Å². The van der Waals surface area contributed by atoms with Crippen molar-refractivity contribution in [3.8, 4) is 11.5 Å². The van der Waals surface area contributed by atoms with Crippen molar-refractivity contribution < 1.29 is 22.7 Å². The summed E-state index contributed by atoms with van der Waals surface area (Å²) in [6, 6.07) is 18.1. The number of nitrogens with one attached hydrogen (secondary N) is 1. The molecule has 0 aliphatic heterocycles. The maximum Gasteiger partial charge on any atom is 0.264 e. The Morgan fingerprint density at radius 3 is 2.31 bits per heavy atom. The minimum atomic E-state index is -4.09. The Bertz CT molecular complexity index is 1340. The van der Waals surface area contributed by atoms with Crippen molar-refractivity contribution in [2.24, 2.45) is 5.10 Å². The zero-order chi connectivity index (χ0) is 26.3. The fourth-order valence-corrected chi connectivity index (χ4v) is 4.96. The van der Waals surface area contributed by atoms with Gasteiger partial charge in [0.1, 0.15) is 18.0 Å². The number of aryl methyl sites for hydroxylation is 1. The third-order valence-electron chi connectivity index (χ3n) is 5.25. The highest BCUT2D eigenvalue weighted by Gasteiger charge is 2.28. The van der Waals surface area contributed by atoms with E-state index in [0.29, 0.717) is 18.1 Å². The number of ether oxygens (including phenoxy) is 2. The van der Waals surface area contributed by atoms with E-state index in [1.807, 2.05) is 38.1 Å². The Kier molecular flexibility index (Phi) is 8.95. The zero-order valence-corrected chi connectivity index (χ0v) is 22.1. The molecule has 3 rings (SSSR count). The number of methoxy groups -OCH3 is 1. The van der Waals surface area contributed by atoms with E-state index in [2.05, 4.69) is 10.5 Å². The van der Waals surface area contributed by atoms with Crippen LogP contribution in [0.3, 0.4) is 0 Å². The van der Waals surface area contributed by atoms with E-state index >= 15 is 0 Å². The molecule has 0 bridgehead atoms. The van der Waals surface area contributed by atoms with E-state index in [9.17, 15) is 13.2 Å². The van der Waals surface area contributed by atoms with Gasteiger partial charge >= 0.3 is 0 Å². The first-order valence-electron chi connectivity index (χ1n) is 11.1. The Morgan fingerprint density at radius 1 is 1.06 bits per heavy atom. The highest BCUT2D eigenvalue weighted by molar-refractivity contribution is 7.92. The number of halogens is 1. The topological polar surface area (TPSA) is 97.3 Å². The van der Waals surface area contributed by atoms with Crippen molar-refractivity contribution in [2.75, 3.05) is 24.6 Å². The van der Waals surface area contributed by atoms with Crippen molar-refractivity contribution in [3.63, 3.8) is 0 Å². The highest BCUT2D eigenvalue weighted by atomic mass is 35.5. The molecule has 0 saturated heterocycles. The van der Waals surface area contributed by atoms with Gasteiger partial charge in [-0.25, -0.2) is 13.8 Å². The molecular weight excluding hydrogens is 502 g/mol. The van der Waals surface area contributed by atoms with E-state index in [1.165, 1.54) is 31.4 Å². The van der Waals surface area contributed by atoms with Crippen molar-refractivity contribution in [1.29, 1.82) is 0 Å². The molecule has 8 nitrogen and oxygen atoms in total. The normalized spacial score (nSPS) is 11.6. The van der Waals surface area contributed by atoms with Crippen molar-refractivity contribution in [3.05, 3.63) is 82.9 Å². The molecule has 0 unspecified atom stereocenters. The molecule has 0 spiro atoms. The maximum absolute atomic E-state index is 13.5. The third kappa shape index (κ3) is 6.56. The molecule has 0 saturated carbocycles. The third-order valence-corrected chi connectivity index (χ3v) is 7.33. The summed E-state index contributed by atoms with van der Waals surface area (Å²) in [4.78, 5) is 12.9. The summed E-state index contributed by atoms with van der Waals surface area (Å²) in [5.41, 5.74) is 4.89. The Labute approximate surface area is 216 Å². The molecule has 3 aromatic carbocycles. The summed E-state index contributed by atoms with van der Waals surface area (Å²) < 4.78 is 38.6. The smallest absolute Gasteiger partial charge is 0.264 e. The number of anilines is 1. The van der Waals surface area contributed by atoms with Crippen LogP contribution in [-0.2, 0) is 14.8 Å². The molecule has 0 fully saturated rings. The fourth-order valence-electron chi connectivity index (χ4n) is 3.30. The molecule has 3 aromatic rings. The second kappa shape index (κ2) is 11.9. The number of amides is 1. The number of nitrogens with zero attached hydrogens (tertiary/aromatic N) is 2. The van der Waals surface area contributed by atoms with Gasteiger partial charge in [0.15, 0.2) is 0 Å². The molecule has 0 aliphatic carbocycles. The van der Waals surface area contributed by atoms with Gasteiger partial charge in [0.25, 0.3) is 15.9 Å². The van der Waals surface area contributed by atoms with Crippen LogP contribution in [0.5, 0.6) is 11.5 Å². The van der Waals surface area contributed by atoms with Gasteiger partial charge in [-0.05, 0) is 80.9 Å². The van der Waals surface area contributed by atoms with Crippen LogP contribution >= 0.6 is 11.6 Å². The van der Waals surface area contributed by atoms with E-state index in [4.69, 9.17) is 21.1 Å². The van der Waals surface area contributed by atoms with Gasteiger partial charge in [0.2, 0.25) is 0 Å². The van der Waals surface area contributed by atoms with Crippen LogP contribution in [0.25, 0.3) is 0 Å². The summed E-state index contributed by atoms with van der Waals surface area (Å²) in [5.74, 6) is 0.490. The maximum atomic E-state index is 13.5. The Balaban J connectivity index is 1.86. The summed E-state index contributed by atoms with van der Waals surface area (Å²) in [6.45, 7) is 5.54. The fraction of sp³-hybridized carbons (Fsp3) is 0.231. The number of benzene rings is 3. The number of hydrogen-bond donors (Lipinski definition) is 1. The molecule has 190 valence electrons. The zero-order valence-electron chi connectivity index (χ0n) is 20.5. The molecule has 1 N–H and O–H groups in total. The van der Waals surface area contributed by atoms with Gasteiger partial charge in [-0.2, -0.15) is 5.10 Å². The van der Waals surface area contributed by atoms with E-state index in [1.54, 1.807) is 25.1 Å². The van der Waals surface area contributed by atoms with Gasteiger partial charge < -0.3 is 9.47 Å². The molecule has 0 aliphatic rings. The average molecular weight is 530 g/mol.